The normalized spacial score (nSPS) is 15.8. The Balaban J connectivity index is 0.00000225. The van der Waals surface area contributed by atoms with Crippen molar-refractivity contribution in [3.63, 3.8) is 0 Å². The molecule has 0 saturated carbocycles. The van der Waals surface area contributed by atoms with E-state index >= 15 is 0 Å². The van der Waals surface area contributed by atoms with Gasteiger partial charge in [-0.3, -0.25) is 4.90 Å². The molecule has 1 atom stereocenters. The van der Waals surface area contributed by atoms with Crippen molar-refractivity contribution in [2.45, 2.75) is 25.9 Å². The van der Waals surface area contributed by atoms with E-state index in [1.165, 1.54) is 10.8 Å². The summed E-state index contributed by atoms with van der Waals surface area (Å²) in [5, 5.41) is 6.11. The van der Waals surface area contributed by atoms with Gasteiger partial charge in [-0.25, -0.2) is 15.0 Å². The van der Waals surface area contributed by atoms with Gasteiger partial charge in [0.2, 0.25) is 5.95 Å². The van der Waals surface area contributed by atoms with Crippen molar-refractivity contribution in [1.82, 2.24) is 19.9 Å². The molecule has 0 aliphatic carbocycles. The third-order valence-corrected chi connectivity index (χ3v) is 5.13. The lowest BCUT2D eigenvalue weighted by atomic mass is 10.1. The lowest BCUT2D eigenvalue weighted by Crippen LogP contribution is -2.53. The molecule has 148 valence electrons. The lowest BCUT2D eigenvalue weighted by molar-refractivity contribution is 0.192. The van der Waals surface area contributed by atoms with Crippen molar-refractivity contribution in [2.24, 2.45) is 0 Å². The Morgan fingerprint density at radius 1 is 0.929 bits per heavy atom. The number of benzene rings is 1. The summed E-state index contributed by atoms with van der Waals surface area (Å²) >= 11 is 0. The third kappa shape index (κ3) is 4.59. The molecule has 1 aliphatic heterocycles. The smallest absolute Gasteiger partial charge is 0.225 e. The highest BCUT2D eigenvalue weighted by Crippen LogP contribution is 2.23. The Morgan fingerprint density at radius 3 is 2.43 bits per heavy atom. The van der Waals surface area contributed by atoms with Crippen molar-refractivity contribution < 1.29 is 0 Å². The van der Waals surface area contributed by atoms with Crippen molar-refractivity contribution in [3.05, 3.63) is 55.0 Å². The molecular weight excluding hydrogens is 416 g/mol. The monoisotopic (exact) mass is 442 g/mol. The summed E-state index contributed by atoms with van der Waals surface area (Å²) in [5.41, 5.74) is 0. The second-order valence-corrected chi connectivity index (χ2v) is 6.90. The van der Waals surface area contributed by atoms with E-state index in [1.807, 2.05) is 24.7 Å². The number of rotatable bonds is 6. The fraction of sp³-hybridized carbons (Fsp3) is 0.381. The fourth-order valence-electron chi connectivity index (χ4n) is 3.70. The average molecular weight is 443 g/mol. The predicted octanol–water partition coefficient (Wildman–Crippen LogP) is 3.96. The molecule has 1 aromatic carbocycles. The van der Waals surface area contributed by atoms with Crippen LogP contribution >= 0.6 is 17.0 Å². The van der Waals surface area contributed by atoms with Crippen LogP contribution in [0, 0.1) is 0 Å². The maximum Gasteiger partial charge on any atom is 0.225 e. The molecule has 2 aromatic heterocycles. The van der Waals surface area contributed by atoms with Crippen LogP contribution in [0.2, 0.25) is 0 Å². The Labute approximate surface area is 176 Å². The number of anilines is 2. The molecule has 1 saturated heterocycles. The Bertz CT molecular complexity index is 862. The molecule has 1 aliphatic rings. The van der Waals surface area contributed by atoms with E-state index in [2.05, 4.69) is 67.3 Å². The number of halogens is 1. The van der Waals surface area contributed by atoms with E-state index < -0.39 is 0 Å². The number of piperazine rings is 1. The molecule has 0 amide bonds. The van der Waals surface area contributed by atoms with E-state index in [0.29, 0.717) is 0 Å². The first-order valence-electron chi connectivity index (χ1n) is 9.71. The van der Waals surface area contributed by atoms with Crippen molar-refractivity contribution in [2.75, 3.05) is 36.4 Å². The maximum absolute atomic E-state index is 4.62. The zero-order chi connectivity index (χ0) is 18.5. The summed E-state index contributed by atoms with van der Waals surface area (Å²) in [6.45, 7) is 6.09. The van der Waals surface area contributed by atoms with Crippen LogP contribution in [0.3, 0.4) is 0 Å². The second kappa shape index (κ2) is 9.80. The zero-order valence-electron chi connectivity index (χ0n) is 16.2. The minimum atomic E-state index is 0. The molecular formula is C21H27BrN6. The highest BCUT2D eigenvalue weighted by atomic mass is 79.9. The highest BCUT2D eigenvalue weighted by molar-refractivity contribution is 8.93. The van der Waals surface area contributed by atoms with Gasteiger partial charge in [-0.15, -0.1) is 17.0 Å². The molecule has 7 heteroatoms. The number of nitrogens with one attached hydrogen (secondary N) is 1. The van der Waals surface area contributed by atoms with Crippen molar-refractivity contribution >= 4 is 39.5 Å². The molecule has 0 spiro atoms. The lowest BCUT2D eigenvalue weighted by Gasteiger charge is -2.39. The minimum Gasteiger partial charge on any atom is -0.354 e. The average Bonchev–Trinajstić information content (AvgIpc) is 2.74. The van der Waals surface area contributed by atoms with Crippen LogP contribution in [-0.2, 0) is 0 Å². The van der Waals surface area contributed by atoms with Gasteiger partial charge in [0.05, 0.1) is 6.17 Å². The van der Waals surface area contributed by atoms with Crippen LogP contribution in [0.5, 0.6) is 0 Å². The largest absolute Gasteiger partial charge is 0.354 e. The van der Waals surface area contributed by atoms with Crippen LogP contribution in [-0.4, -0.2) is 52.2 Å². The first-order chi connectivity index (χ1) is 13.3. The summed E-state index contributed by atoms with van der Waals surface area (Å²) in [6, 6.07) is 12.3. The van der Waals surface area contributed by atoms with E-state index in [4.69, 9.17) is 0 Å². The number of fused-ring (bicyclic) bond motifs is 1. The number of nitrogens with zero attached hydrogens (tertiary/aromatic N) is 5. The SMILES string of the molecule is Br.CCCC(Nc1nccc2ccccc12)N1CCN(c2ncccn2)CC1. The summed E-state index contributed by atoms with van der Waals surface area (Å²) in [4.78, 5) is 18.2. The van der Waals surface area contributed by atoms with Crippen LogP contribution in [0.15, 0.2) is 55.0 Å². The van der Waals surface area contributed by atoms with E-state index in [0.717, 1.165) is 50.8 Å². The molecule has 3 heterocycles. The van der Waals surface area contributed by atoms with Gasteiger partial charge in [0.1, 0.15) is 5.82 Å². The summed E-state index contributed by atoms with van der Waals surface area (Å²) in [6.07, 6.45) is 8.01. The van der Waals surface area contributed by atoms with Crippen LogP contribution in [0.25, 0.3) is 10.8 Å². The van der Waals surface area contributed by atoms with Gasteiger partial charge in [-0.05, 0) is 23.9 Å². The van der Waals surface area contributed by atoms with Gasteiger partial charge in [-0.2, -0.15) is 0 Å². The molecule has 0 radical (unpaired) electrons. The Kier molecular flexibility index (Phi) is 7.17. The van der Waals surface area contributed by atoms with E-state index in [9.17, 15) is 0 Å². The molecule has 1 fully saturated rings. The topological polar surface area (TPSA) is 57.2 Å². The van der Waals surface area contributed by atoms with Gasteiger partial charge >= 0.3 is 0 Å². The molecule has 6 nitrogen and oxygen atoms in total. The third-order valence-electron chi connectivity index (χ3n) is 5.13. The van der Waals surface area contributed by atoms with Crippen molar-refractivity contribution in [3.8, 4) is 0 Å². The van der Waals surface area contributed by atoms with Crippen LogP contribution in [0.1, 0.15) is 19.8 Å². The van der Waals surface area contributed by atoms with Gasteiger partial charge < -0.3 is 10.2 Å². The number of pyridine rings is 1. The second-order valence-electron chi connectivity index (χ2n) is 6.90. The van der Waals surface area contributed by atoms with Gasteiger partial charge in [0, 0.05) is 50.2 Å². The number of hydrogen-bond acceptors (Lipinski definition) is 6. The Morgan fingerprint density at radius 2 is 1.68 bits per heavy atom. The standard InChI is InChI=1S/C21H26N6.BrH/c1-2-6-19(25-20-18-8-4-3-7-17(18)9-12-22-20)26-13-15-27(16-14-26)21-23-10-5-11-24-21;/h3-5,7-12,19H,2,6,13-16H2,1H3,(H,22,25);1H. The van der Waals surface area contributed by atoms with Gasteiger partial charge in [0.25, 0.3) is 0 Å². The molecule has 28 heavy (non-hydrogen) atoms. The zero-order valence-corrected chi connectivity index (χ0v) is 17.9. The van der Waals surface area contributed by atoms with E-state index in [1.54, 1.807) is 0 Å². The summed E-state index contributed by atoms with van der Waals surface area (Å²) in [5.74, 6) is 1.80. The Hall–Kier alpha value is -2.25. The molecule has 0 bridgehead atoms. The highest BCUT2D eigenvalue weighted by Gasteiger charge is 2.25. The summed E-state index contributed by atoms with van der Waals surface area (Å²) < 4.78 is 0. The minimum absolute atomic E-state index is 0. The van der Waals surface area contributed by atoms with Gasteiger partial charge in [0.15, 0.2) is 0 Å². The quantitative estimate of drug-likeness (QED) is 0.623. The first-order valence-corrected chi connectivity index (χ1v) is 9.71. The van der Waals surface area contributed by atoms with Crippen LogP contribution < -0.4 is 10.2 Å². The van der Waals surface area contributed by atoms with E-state index in [-0.39, 0.29) is 23.1 Å². The molecule has 4 rings (SSSR count). The van der Waals surface area contributed by atoms with Crippen LogP contribution in [0.4, 0.5) is 11.8 Å². The first kappa shape index (κ1) is 20.5. The number of hydrogen-bond donors (Lipinski definition) is 1. The summed E-state index contributed by atoms with van der Waals surface area (Å²) in [7, 11) is 0. The molecule has 1 unspecified atom stereocenters. The molecule has 1 N–H and O–H groups in total. The van der Waals surface area contributed by atoms with Gasteiger partial charge in [-0.1, -0.05) is 37.6 Å². The maximum atomic E-state index is 4.62. The van der Waals surface area contributed by atoms with Crippen molar-refractivity contribution in [1.29, 1.82) is 0 Å². The fourth-order valence-corrected chi connectivity index (χ4v) is 3.70. The number of aromatic nitrogens is 3. The molecule has 3 aromatic rings. The predicted molar refractivity (Wildman–Crippen MR) is 120 cm³/mol.